The van der Waals surface area contributed by atoms with Gasteiger partial charge in [0.05, 0.1) is 39.1 Å². The smallest absolute Gasteiger partial charge is 0.255 e. The number of benzene rings is 3. The van der Waals surface area contributed by atoms with Crippen molar-refractivity contribution in [3.63, 3.8) is 0 Å². The Labute approximate surface area is 232 Å². The third-order valence-electron chi connectivity index (χ3n) is 5.71. The van der Waals surface area contributed by atoms with Gasteiger partial charge in [0.1, 0.15) is 12.4 Å². The summed E-state index contributed by atoms with van der Waals surface area (Å²) in [5.74, 6) is 2.01. The van der Waals surface area contributed by atoms with Gasteiger partial charge in [-0.3, -0.25) is 4.79 Å². The fourth-order valence-electron chi connectivity index (χ4n) is 3.84. The molecule has 4 aromatic rings. The van der Waals surface area contributed by atoms with Gasteiger partial charge in [0.25, 0.3) is 5.91 Å². The Kier molecular flexibility index (Phi) is 9.42. The molecule has 39 heavy (non-hydrogen) atoms. The molecule has 0 radical (unpaired) electrons. The Morgan fingerprint density at radius 1 is 0.923 bits per heavy atom. The summed E-state index contributed by atoms with van der Waals surface area (Å²) in [4.78, 5) is 22.3. The lowest BCUT2D eigenvalue weighted by Crippen LogP contribution is -2.29. The molecule has 0 saturated carbocycles. The number of anilines is 1. The fraction of sp³-hybridized carbons (Fsp3) is 0.207. The van der Waals surface area contributed by atoms with Crippen molar-refractivity contribution >= 4 is 23.5 Å². The number of nitrogens with one attached hydrogen (secondary N) is 2. The second-order valence-electron chi connectivity index (χ2n) is 8.27. The van der Waals surface area contributed by atoms with Gasteiger partial charge in [-0.1, -0.05) is 41.9 Å². The van der Waals surface area contributed by atoms with Crippen LogP contribution in [0.4, 0.5) is 5.95 Å². The molecule has 1 heterocycles. The second kappa shape index (κ2) is 13.3. The zero-order chi connectivity index (χ0) is 27.6. The predicted molar refractivity (Wildman–Crippen MR) is 150 cm³/mol. The van der Waals surface area contributed by atoms with Crippen LogP contribution in [0.25, 0.3) is 11.3 Å². The maximum Gasteiger partial charge on any atom is 0.255 e. The minimum absolute atomic E-state index is 0.275. The van der Waals surface area contributed by atoms with Crippen LogP contribution in [0.5, 0.6) is 23.0 Å². The molecule has 1 amide bonds. The molecule has 0 spiro atoms. The Balaban J connectivity index is 1.61. The van der Waals surface area contributed by atoms with Crippen LogP contribution in [-0.4, -0.2) is 50.4 Å². The highest BCUT2D eigenvalue weighted by molar-refractivity contribution is 6.30. The molecule has 0 unspecified atom stereocenters. The molecule has 0 saturated heterocycles. The zero-order valence-electron chi connectivity index (χ0n) is 21.9. The second-order valence-corrected chi connectivity index (χ2v) is 8.71. The van der Waals surface area contributed by atoms with Gasteiger partial charge in [-0.25, -0.2) is 9.97 Å². The summed E-state index contributed by atoms with van der Waals surface area (Å²) in [6.07, 6.45) is 1.49. The average Bonchev–Trinajstić information content (AvgIpc) is 2.97. The van der Waals surface area contributed by atoms with E-state index in [1.54, 1.807) is 12.1 Å². The third kappa shape index (κ3) is 7.08. The minimum atomic E-state index is -0.350. The highest BCUT2D eigenvalue weighted by Crippen LogP contribution is 2.41. The Morgan fingerprint density at radius 3 is 2.33 bits per heavy atom. The standard InChI is InChI=1S/C29H29ClN4O5/c1-36-24-15-20(16-25(37-2)27(24)38-3)26-23(28(35)31-12-13-39-22-10-5-4-6-11-22)18-33-29(34-26)32-17-19-8-7-9-21(30)14-19/h4-11,14-16,18H,12-13,17H2,1-3H3,(H,31,35)(H,32,33,34). The quantitative estimate of drug-likeness (QED) is 0.232. The molecule has 2 N–H and O–H groups in total. The number of carbonyl (C=O) groups excluding carboxylic acids is 1. The molecule has 0 bridgehead atoms. The van der Waals surface area contributed by atoms with Gasteiger partial charge in [0.15, 0.2) is 11.5 Å². The average molecular weight is 549 g/mol. The molecule has 202 valence electrons. The molecule has 0 aliphatic rings. The van der Waals surface area contributed by atoms with Gasteiger partial charge in [0, 0.05) is 23.3 Å². The van der Waals surface area contributed by atoms with Crippen molar-refractivity contribution in [2.24, 2.45) is 0 Å². The fourth-order valence-corrected chi connectivity index (χ4v) is 4.06. The molecular formula is C29H29ClN4O5. The summed E-state index contributed by atoms with van der Waals surface area (Å²) in [5, 5.41) is 6.71. The van der Waals surface area contributed by atoms with Crippen molar-refractivity contribution in [3.05, 3.63) is 89.1 Å². The Hall–Kier alpha value is -4.50. The van der Waals surface area contributed by atoms with E-state index in [9.17, 15) is 4.79 Å². The van der Waals surface area contributed by atoms with Gasteiger partial charge in [-0.05, 0) is 42.0 Å². The molecule has 9 nitrogen and oxygen atoms in total. The maximum atomic E-state index is 13.2. The number of para-hydroxylation sites is 1. The van der Waals surface area contributed by atoms with Gasteiger partial charge in [-0.15, -0.1) is 0 Å². The van der Waals surface area contributed by atoms with Crippen molar-refractivity contribution in [2.75, 3.05) is 39.8 Å². The monoisotopic (exact) mass is 548 g/mol. The number of hydrogen-bond acceptors (Lipinski definition) is 8. The highest BCUT2D eigenvalue weighted by Gasteiger charge is 2.21. The van der Waals surface area contributed by atoms with E-state index < -0.39 is 0 Å². The third-order valence-corrected chi connectivity index (χ3v) is 5.95. The number of halogens is 1. The SMILES string of the molecule is COc1cc(-c2nc(NCc3cccc(Cl)c3)ncc2C(=O)NCCOc2ccccc2)cc(OC)c1OC. The van der Waals surface area contributed by atoms with E-state index in [0.717, 1.165) is 11.3 Å². The van der Waals surface area contributed by atoms with Gasteiger partial charge in [-0.2, -0.15) is 0 Å². The molecule has 0 aliphatic carbocycles. The number of carbonyl (C=O) groups is 1. The van der Waals surface area contributed by atoms with Crippen LogP contribution in [0.15, 0.2) is 72.9 Å². The van der Waals surface area contributed by atoms with E-state index >= 15 is 0 Å². The molecule has 3 aromatic carbocycles. The van der Waals surface area contributed by atoms with E-state index in [-0.39, 0.29) is 18.0 Å². The van der Waals surface area contributed by atoms with Crippen molar-refractivity contribution in [2.45, 2.75) is 6.54 Å². The molecule has 0 aliphatic heterocycles. The topological polar surface area (TPSA) is 104 Å². The molecular weight excluding hydrogens is 520 g/mol. The Bertz CT molecular complexity index is 1390. The van der Waals surface area contributed by atoms with Crippen molar-refractivity contribution in [1.29, 1.82) is 0 Å². The first-order chi connectivity index (χ1) is 19.0. The molecule has 0 fully saturated rings. The number of rotatable bonds is 12. The van der Waals surface area contributed by atoms with Gasteiger partial charge in [0.2, 0.25) is 11.7 Å². The van der Waals surface area contributed by atoms with Crippen molar-refractivity contribution in [1.82, 2.24) is 15.3 Å². The maximum absolute atomic E-state index is 13.2. The molecule has 1 aromatic heterocycles. The number of amides is 1. The van der Waals surface area contributed by atoms with E-state index in [1.165, 1.54) is 27.5 Å². The lowest BCUT2D eigenvalue weighted by molar-refractivity contribution is 0.0947. The van der Waals surface area contributed by atoms with E-state index in [2.05, 4.69) is 20.6 Å². The number of nitrogens with zero attached hydrogens (tertiary/aromatic N) is 2. The van der Waals surface area contributed by atoms with E-state index in [4.69, 9.17) is 30.5 Å². The first kappa shape index (κ1) is 27.5. The van der Waals surface area contributed by atoms with E-state index in [1.807, 2.05) is 54.6 Å². The summed E-state index contributed by atoms with van der Waals surface area (Å²) in [6, 6.07) is 20.3. The summed E-state index contributed by atoms with van der Waals surface area (Å²) >= 11 is 6.11. The minimum Gasteiger partial charge on any atom is -0.493 e. The summed E-state index contributed by atoms with van der Waals surface area (Å²) in [5.41, 5.74) is 2.21. The number of ether oxygens (including phenoxy) is 4. The number of methoxy groups -OCH3 is 3. The summed E-state index contributed by atoms with van der Waals surface area (Å²) in [6.45, 7) is 1.03. The summed E-state index contributed by atoms with van der Waals surface area (Å²) in [7, 11) is 4.58. The molecule has 10 heteroatoms. The van der Waals surface area contributed by atoms with Gasteiger partial charge < -0.3 is 29.6 Å². The Morgan fingerprint density at radius 2 is 1.67 bits per heavy atom. The van der Waals surface area contributed by atoms with E-state index in [0.29, 0.717) is 52.6 Å². The van der Waals surface area contributed by atoms with Crippen LogP contribution < -0.4 is 29.6 Å². The van der Waals surface area contributed by atoms with Crippen LogP contribution in [0.2, 0.25) is 5.02 Å². The number of aromatic nitrogens is 2. The lowest BCUT2D eigenvalue weighted by Gasteiger charge is -2.16. The first-order valence-corrected chi connectivity index (χ1v) is 12.5. The summed E-state index contributed by atoms with van der Waals surface area (Å²) < 4.78 is 22.2. The largest absolute Gasteiger partial charge is 0.493 e. The predicted octanol–water partition coefficient (Wildman–Crippen LogP) is 5.24. The molecule has 4 rings (SSSR count). The first-order valence-electron chi connectivity index (χ1n) is 12.1. The van der Waals surface area contributed by atoms with Crippen LogP contribution >= 0.6 is 11.6 Å². The highest BCUT2D eigenvalue weighted by atomic mass is 35.5. The van der Waals surface area contributed by atoms with Crippen LogP contribution in [0.1, 0.15) is 15.9 Å². The van der Waals surface area contributed by atoms with Crippen LogP contribution in [-0.2, 0) is 6.54 Å². The zero-order valence-corrected chi connectivity index (χ0v) is 22.6. The lowest BCUT2D eigenvalue weighted by atomic mass is 10.0. The molecule has 0 atom stereocenters. The van der Waals surface area contributed by atoms with Crippen LogP contribution in [0.3, 0.4) is 0 Å². The van der Waals surface area contributed by atoms with Crippen molar-refractivity contribution < 1.29 is 23.7 Å². The van der Waals surface area contributed by atoms with Gasteiger partial charge >= 0.3 is 0 Å². The van der Waals surface area contributed by atoms with Crippen molar-refractivity contribution in [3.8, 4) is 34.3 Å². The normalized spacial score (nSPS) is 10.5. The van der Waals surface area contributed by atoms with Crippen LogP contribution in [0, 0.1) is 0 Å². The number of hydrogen-bond donors (Lipinski definition) is 2.